The van der Waals surface area contributed by atoms with Gasteiger partial charge in [-0.2, -0.15) is 0 Å². The minimum atomic E-state index is -3.34. The van der Waals surface area contributed by atoms with E-state index in [2.05, 4.69) is 5.32 Å². The number of carbonyl (C=O) groups is 1. The first-order chi connectivity index (χ1) is 10.9. The molecule has 0 heterocycles. The summed E-state index contributed by atoms with van der Waals surface area (Å²) in [6, 6.07) is 13.7. The van der Waals surface area contributed by atoms with E-state index in [1.807, 2.05) is 24.3 Å². The monoisotopic (exact) mass is 333 g/mol. The Morgan fingerprint density at radius 1 is 1.09 bits per heavy atom. The molecule has 0 aromatic heterocycles. The fourth-order valence-corrected chi connectivity index (χ4v) is 2.84. The van der Waals surface area contributed by atoms with Crippen LogP contribution in [0.5, 0.6) is 0 Å². The van der Waals surface area contributed by atoms with Gasteiger partial charge in [-0.25, -0.2) is 8.42 Å². The third-order valence-electron chi connectivity index (χ3n) is 3.38. The van der Waals surface area contributed by atoms with Crippen LogP contribution in [0, 0.1) is 0 Å². The smallest absolute Gasteiger partial charge is 0.251 e. The first kappa shape index (κ1) is 17.2. The molecule has 122 valence electrons. The van der Waals surface area contributed by atoms with Crippen LogP contribution in [0.2, 0.25) is 0 Å². The fourth-order valence-electron chi connectivity index (χ4n) is 2.17. The third-order valence-corrected chi connectivity index (χ3v) is 4.49. The van der Waals surface area contributed by atoms with Crippen molar-refractivity contribution in [2.45, 2.75) is 18.0 Å². The van der Waals surface area contributed by atoms with Gasteiger partial charge in [0.2, 0.25) is 0 Å². The zero-order chi connectivity index (χ0) is 16.9. The molecule has 0 saturated carbocycles. The van der Waals surface area contributed by atoms with Crippen LogP contribution in [0.1, 0.15) is 21.5 Å². The minimum absolute atomic E-state index is 0.130. The van der Waals surface area contributed by atoms with Gasteiger partial charge in [-0.1, -0.05) is 30.3 Å². The number of rotatable bonds is 6. The van der Waals surface area contributed by atoms with Crippen LogP contribution in [0.3, 0.4) is 0 Å². The van der Waals surface area contributed by atoms with Gasteiger partial charge in [-0.15, -0.1) is 0 Å². The van der Waals surface area contributed by atoms with Crippen LogP contribution in [-0.2, 0) is 27.7 Å². The minimum Gasteiger partial charge on any atom is -0.380 e. The Balaban J connectivity index is 2.12. The molecule has 1 amide bonds. The SMILES string of the molecule is COCc1ccccc1CNC(=O)c1cccc(S(C)(=O)=O)c1. The van der Waals surface area contributed by atoms with Crippen molar-refractivity contribution in [3.63, 3.8) is 0 Å². The van der Waals surface area contributed by atoms with Crippen LogP contribution < -0.4 is 5.32 Å². The average molecular weight is 333 g/mol. The summed E-state index contributed by atoms with van der Waals surface area (Å²) in [5.74, 6) is -0.317. The zero-order valence-corrected chi connectivity index (χ0v) is 13.9. The fraction of sp³-hybridized carbons (Fsp3) is 0.235. The number of carbonyl (C=O) groups excluding carboxylic acids is 1. The Hall–Kier alpha value is -2.18. The van der Waals surface area contributed by atoms with Crippen molar-refractivity contribution in [2.24, 2.45) is 0 Å². The normalized spacial score (nSPS) is 11.2. The lowest BCUT2D eigenvalue weighted by Gasteiger charge is -2.10. The molecule has 5 nitrogen and oxygen atoms in total. The van der Waals surface area contributed by atoms with Gasteiger partial charge >= 0.3 is 0 Å². The molecule has 0 aliphatic carbocycles. The van der Waals surface area contributed by atoms with Crippen molar-refractivity contribution >= 4 is 15.7 Å². The van der Waals surface area contributed by atoms with Crippen molar-refractivity contribution in [3.05, 3.63) is 65.2 Å². The molecule has 6 heteroatoms. The number of nitrogens with one attached hydrogen (secondary N) is 1. The van der Waals surface area contributed by atoms with Crippen LogP contribution in [-0.4, -0.2) is 27.7 Å². The quantitative estimate of drug-likeness (QED) is 0.879. The van der Waals surface area contributed by atoms with Crippen LogP contribution in [0.4, 0.5) is 0 Å². The molecule has 0 saturated heterocycles. The number of hydrogen-bond donors (Lipinski definition) is 1. The predicted octanol–water partition coefficient (Wildman–Crippen LogP) is 2.17. The summed E-state index contributed by atoms with van der Waals surface area (Å²) in [5, 5.41) is 2.80. The molecule has 0 unspecified atom stereocenters. The van der Waals surface area contributed by atoms with E-state index < -0.39 is 9.84 Å². The topological polar surface area (TPSA) is 72.5 Å². The van der Waals surface area contributed by atoms with E-state index in [-0.39, 0.29) is 10.8 Å². The predicted molar refractivity (Wildman–Crippen MR) is 87.9 cm³/mol. The summed E-state index contributed by atoms with van der Waals surface area (Å²) in [5.41, 5.74) is 2.28. The second-order valence-electron chi connectivity index (χ2n) is 5.18. The number of hydrogen-bond acceptors (Lipinski definition) is 4. The molecule has 2 aromatic rings. The van der Waals surface area contributed by atoms with Gasteiger partial charge in [-0.05, 0) is 29.3 Å². The number of amides is 1. The van der Waals surface area contributed by atoms with Crippen LogP contribution >= 0.6 is 0 Å². The molecule has 0 radical (unpaired) electrons. The Kier molecular flexibility index (Phi) is 5.52. The van der Waals surface area contributed by atoms with Gasteiger partial charge in [-0.3, -0.25) is 4.79 Å². The second-order valence-corrected chi connectivity index (χ2v) is 7.20. The molecule has 2 aromatic carbocycles. The van der Waals surface area contributed by atoms with E-state index in [9.17, 15) is 13.2 Å². The summed E-state index contributed by atoms with van der Waals surface area (Å²) < 4.78 is 28.2. The van der Waals surface area contributed by atoms with Crippen molar-refractivity contribution < 1.29 is 17.9 Å². The molecule has 0 spiro atoms. The number of ether oxygens (including phenoxy) is 1. The summed E-state index contributed by atoms with van der Waals surface area (Å²) in [4.78, 5) is 12.4. The van der Waals surface area contributed by atoms with Gasteiger partial charge in [0.25, 0.3) is 5.91 Å². The molecular weight excluding hydrogens is 314 g/mol. The lowest BCUT2D eigenvalue weighted by atomic mass is 10.1. The van der Waals surface area contributed by atoms with Crippen molar-refractivity contribution in [1.82, 2.24) is 5.32 Å². The van der Waals surface area contributed by atoms with Gasteiger partial charge in [0.05, 0.1) is 11.5 Å². The largest absolute Gasteiger partial charge is 0.380 e. The van der Waals surface area contributed by atoms with Crippen LogP contribution in [0.25, 0.3) is 0 Å². The van der Waals surface area contributed by atoms with E-state index >= 15 is 0 Å². The first-order valence-corrected chi connectivity index (χ1v) is 8.95. The highest BCUT2D eigenvalue weighted by molar-refractivity contribution is 7.90. The maximum Gasteiger partial charge on any atom is 0.251 e. The maximum absolute atomic E-state index is 12.2. The van der Waals surface area contributed by atoms with Gasteiger partial charge in [0.1, 0.15) is 0 Å². The number of sulfone groups is 1. The summed E-state index contributed by atoms with van der Waals surface area (Å²) in [7, 11) is -1.72. The highest BCUT2D eigenvalue weighted by Gasteiger charge is 2.12. The average Bonchev–Trinajstić information content (AvgIpc) is 2.53. The first-order valence-electron chi connectivity index (χ1n) is 7.06. The molecule has 0 aliphatic rings. The molecule has 0 fully saturated rings. The van der Waals surface area contributed by atoms with E-state index in [1.54, 1.807) is 19.2 Å². The van der Waals surface area contributed by atoms with Crippen molar-refractivity contribution in [2.75, 3.05) is 13.4 Å². The molecule has 0 aliphatic heterocycles. The van der Waals surface area contributed by atoms with Gasteiger partial charge in [0.15, 0.2) is 9.84 Å². The van der Waals surface area contributed by atoms with E-state index in [1.165, 1.54) is 12.1 Å². The highest BCUT2D eigenvalue weighted by Crippen LogP contribution is 2.13. The Morgan fingerprint density at radius 2 is 1.78 bits per heavy atom. The van der Waals surface area contributed by atoms with E-state index in [4.69, 9.17) is 4.74 Å². The molecule has 1 N–H and O–H groups in total. The molecule has 2 rings (SSSR count). The number of methoxy groups -OCH3 is 1. The second kappa shape index (κ2) is 7.39. The summed E-state index contributed by atoms with van der Waals surface area (Å²) in [6.07, 6.45) is 1.12. The molecule has 23 heavy (non-hydrogen) atoms. The molecule has 0 atom stereocenters. The standard InChI is InChI=1S/C17H19NO4S/c1-22-12-15-7-4-3-6-14(15)11-18-17(19)13-8-5-9-16(10-13)23(2,20)21/h3-10H,11-12H2,1-2H3,(H,18,19). The Morgan fingerprint density at radius 3 is 2.43 bits per heavy atom. The van der Waals surface area contributed by atoms with Crippen molar-refractivity contribution in [1.29, 1.82) is 0 Å². The summed E-state index contributed by atoms with van der Waals surface area (Å²) in [6.45, 7) is 0.817. The zero-order valence-electron chi connectivity index (χ0n) is 13.1. The lowest BCUT2D eigenvalue weighted by Crippen LogP contribution is -2.23. The van der Waals surface area contributed by atoms with Gasteiger partial charge in [0, 0.05) is 25.5 Å². The third kappa shape index (κ3) is 4.64. The molecule has 0 bridgehead atoms. The van der Waals surface area contributed by atoms with E-state index in [0.717, 1.165) is 17.4 Å². The lowest BCUT2D eigenvalue weighted by molar-refractivity contribution is 0.0950. The summed E-state index contributed by atoms with van der Waals surface area (Å²) >= 11 is 0. The van der Waals surface area contributed by atoms with Gasteiger partial charge < -0.3 is 10.1 Å². The maximum atomic E-state index is 12.2. The molecular formula is C17H19NO4S. The van der Waals surface area contributed by atoms with Crippen LogP contribution in [0.15, 0.2) is 53.4 Å². The highest BCUT2D eigenvalue weighted by atomic mass is 32.2. The van der Waals surface area contributed by atoms with Crippen molar-refractivity contribution in [3.8, 4) is 0 Å². The Bertz CT molecular complexity index is 800. The number of benzene rings is 2. The Labute approximate surface area is 136 Å². The van der Waals surface area contributed by atoms with E-state index in [0.29, 0.717) is 18.7 Å².